The molecule has 0 atom stereocenters. The Kier molecular flexibility index (Phi) is 4.21. The van der Waals surface area contributed by atoms with Crippen molar-refractivity contribution >= 4 is 28.6 Å². The van der Waals surface area contributed by atoms with E-state index in [1.54, 1.807) is 18.2 Å². The topological polar surface area (TPSA) is 58.2 Å². The van der Waals surface area contributed by atoms with Crippen LogP contribution in [0.2, 0.25) is 0 Å². The van der Waals surface area contributed by atoms with Gasteiger partial charge in [-0.3, -0.25) is 9.59 Å². The molecule has 0 bridgehead atoms. The highest BCUT2D eigenvalue weighted by molar-refractivity contribution is 6.36. The molecule has 0 spiro atoms. The van der Waals surface area contributed by atoms with E-state index in [1.807, 2.05) is 44.2 Å². The summed E-state index contributed by atoms with van der Waals surface area (Å²) in [6.45, 7) is 5.59. The van der Waals surface area contributed by atoms with Crippen LogP contribution in [0.15, 0.2) is 48.5 Å². The Morgan fingerprint density at radius 1 is 1.04 bits per heavy atom. The largest absolute Gasteiger partial charge is 0.382 e. The van der Waals surface area contributed by atoms with Crippen LogP contribution < -0.4 is 10.6 Å². The van der Waals surface area contributed by atoms with Crippen LogP contribution in [0.1, 0.15) is 42.3 Å². The van der Waals surface area contributed by atoms with Gasteiger partial charge in [-0.1, -0.05) is 30.3 Å². The molecule has 1 heterocycles. The Labute approximate surface area is 141 Å². The van der Waals surface area contributed by atoms with E-state index in [-0.39, 0.29) is 17.7 Å². The van der Waals surface area contributed by atoms with Crippen molar-refractivity contribution in [3.63, 3.8) is 0 Å². The van der Waals surface area contributed by atoms with E-state index >= 15 is 0 Å². The highest BCUT2D eigenvalue weighted by Gasteiger charge is 2.29. The van der Waals surface area contributed by atoms with Gasteiger partial charge in [0.15, 0.2) is 5.78 Å². The Morgan fingerprint density at radius 2 is 1.75 bits per heavy atom. The lowest BCUT2D eigenvalue weighted by Crippen LogP contribution is -2.23. The first-order valence-corrected chi connectivity index (χ1v) is 8.00. The summed E-state index contributed by atoms with van der Waals surface area (Å²) >= 11 is 0. The van der Waals surface area contributed by atoms with Gasteiger partial charge < -0.3 is 10.6 Å². The number of ketones is 1. The number of rotatable bonds is 4. The van der Waals surface area contributed by atoms with Crippen molar-refractivity contribution in [1.29, 1.82) is 0 Å². The van der Waals surface area contributed by atoms with Gasteiger partial charge in [0.25, 0.3) is 5.91 Å². The molecule has 0 unspecified atom stereocenters. The number of fused-ring (bicyclic) bond motifs is 1. The minimum atomic E-state index is -0.155. The molecule has 1 amide bonds. The van der Waals surface area contributed by atoms with Crippen molar-refractivity contribution in [3.05, 3.63) is 65.2 Å². The molecule has 0 saturated carbocycles. The molecule has 4 nitrogen and oxygen atoms in total. The van der Waals surface area contributed by atoms with Crippen molar-refractivity contribution in [2.24, 2.45) is 0 Å². The van der Waals surface area contributed by atoms with Gasteiger partial charge in [-0.25, -0.2) is 0 Å². The smallest absolute Gasteiger partial charge is 0.258 e. The Bertz CT molecular complexity index is 836. The van der Waals surface area contributed by atoms with Gasteiger partial charge in [-0.15, -0.1) is 0 Å². The van der Waals surface area contributed by atoms with Crippen LogP contribution >= 0.6 is 0 Å². The van der Waals surface area contributed by atoms with E-state index in [0.717, 1.165) is 22.5 Å². The predicted octanol–water partition coefficient (Wildman–Crippen LogP) is 3.71. The van der Waals surface area contributed by atoms with E-state index < -0.39 is 0 Å². The number of carbonyl (C=O) groups is 2. The van der Waals surface area contributed by atoms with Crippen LogP contribution in [0, 0.1) is 0 Å². The van der Waals surface area contributed by atoms with Gasteiger partial charge in [0.2, 0.25) is 0 Å². The summed E-state index contributed by atoms with van der Waals surface area (Å²) in [4.78, 5) is 24.3. The van der Waals surface area contributed by atoms with Gasteiger partial charge in [0.1, 0.15) is 0 Å². The molecule has 0 saturated heterocycles. The maximum absolute atomic E-state index is 12.6. The fourth-order valence-electron chi connectivity index (χ4n) is 2.83. The van der Waals surface area contributed by atoms with Crippen molar-refractivity contribution < 1.29 is 9.59 Å². The molecule has 2 aromatic rings. The molecule has 3 rings (SSSR count). The summed E-state index contributed by atoms with van der Waals surface area (Å²) in [6.07, 6.45) is 0. The fourth-order valence-corrected chi connectivity index (χ4v) is 2.83. The van der Waals surface area contributed by atoms with E-state index in [0.29, 0.717) is 11.1 Å². The highest BCUT2D eigenvalue weighted by Crippen LogP contribution is 2.37. The number of hydrogen-bond acceptors (Lipinski definition) is 3. The molecule has 2 N–H and O–H groups in total. The van der Waals surface area contributed by atoms with Gasteiger partial charge in [0, 0.05) is 22.9 Å². The summed E-state index contributed by atoms with van der Waals surface area (Å²) in [5.41, 5.74) is 4.39. The molecule has 1 aliphatic heterocycles. The maximum Gasteiger partial charge on any atom is 0.258 e. The first kappa shape index (κ1) is 16.0. The molecule has 4 heteroatoms. The predicted molar refractivity (Wildman–Crippen MR) is 96.6 cm³/mol. The zero-order valence-electron chi connectivity index (χ0n) is 14.0. The monoisotopic (exact) mass is 320 g/mol. The van der Waals surface area contributed by atoms with Gasteiger partial charge in [-0.2, -0.15) is 0 Å². The van der Waals surface area contributed by atoms with Crippen LogP contribution in [0.4, 0.5) is 5.69 Å². The number of amides is 1. The fraction of sp³-hybridized carbons (Fsp3) is 0.200. The highest BCUT2D eigenvalue weighted by atomic mass is 16.2. The number of anilines is 1. The lowest BCUT2D eigenvalue weighted by atomic mass is 9.97. The molecule has 0 aromatic heterocycles. The third-order valence-corrected chi connectivity index (χ3v) is 3.92. The number of Topliss-reactive ketones (excluding diaryl/α,β-unsaturated/α-hetero) is 1. The lowest BCUT2D eigenvalue weighted by Gasteiger charge is -2.17. The molecular formula is C20H20N2O2. The first-order valence-electron chi connectivity index (χ1n) is 8.00. The molecular weight excluding hydrogens is 300 g/mol. The zero-order valence-corrected chi connectivity index (χ0v) is 14.0. The van der Waals surface area contributed by atoms with E-state index in [9.17, 15) is 9.59 Å². The Hall–Kier alpha value is -2.88. The van der Waals surface area contributed by atoms with Crippen LogP contribution in [-0.2, 0) is 4.79 Å². The van der Waals surface area contributed by atoms with Crippen LogP contribution in [0.5, 0.6) is 0 Å². The second-order valence-corrected chi connectivity index (χ2v) is 6.19. The molecule has 2 aromatic carbocycles. The maximum atomic E-state index is 12.6. The van der Waals surface area contributed by atoms with Gasteiger partial charge in [-0.05, 0) is 44.5 Å². The van der Waals surface area contributed by atoms with Crippen LogP contribution in [0.25, 0.3) is 11.3 Å². The second-order valence-electron chi connectivity index (χ2n) is 6.19. The second kappa shape index (κ2) is 6.32. The quantitative estimate of drug-likeness (QED) is 0.667. The standard InChI is InChI=1S/C20H20N2O2/c1-12(2)21-19(14-7-5-4-6-8-14)18-16-11-15(13(3)23)9-10-17(16)22-20(18)24/h4-12,21H,1-3H3,(H,22,24)/b19-18-. The summed E-state index contributed by atoms with van der Waals surface area (Å²) in [5, 5.41) is 6.28. The molecule has 122 valence electrons. The SMILES string of the molecule is CC(=O)c1ccc2c(c1)/C(=C(/NC(C)C)c1ccccc1)C(=O)N2. The number of benzene rings is 2. The summed E-state index contributed by atoms with van der Waals surface area (Å²) < 4.78 is 0. The van der Waals surface area contributed by atoms with Crippen molar-refractivity contribution in [1.82, 2.24) is 5.32 Å². The van der Waals surface area contributed by atoms with Crippen molar-refractivity contribution in [2.45, 2.75) is 26.8 Å². The summed E-state index contributed by atoms with van der Waals surface area (Å²) in [7, 11) is 0. The average molecular weight is 320 g/mol. The third-order valence-electron chi connectivity index (χ3n) is 3.92. The van der Waals surface area contributed by atoms with Crippen molar-refractivity contribution in [3.8, 4) is 0 Å². The summed E-state index contributed by atoms with van der Waals surface area (Å²) in [5.74, 6) is -0.174. The van der Waals surface area contributed by atoms with Gasteiger partial charge >= 0.3 is 0 Å². The van der Waals surface area contributed by atoms with Crippen molar-refractivity contribution in [2.75, 3.05) is 5.32 Å². The molecule has 0 fully saturated rings. The van der Waals surface area contributed by atoms with Gasteiger partial charge in [0.05, 0.1) is 11.3 Å². The molecule has 0 aliphatic carbocycles. The minimum absolute atomic E-state index is 0.0189. The average Bonchev–Trinajstić information content (AvgIpc) is 2.88. The molecule has 0 radical (unpaired) electrons. The lowest BCUT2D eigenvalue weighted by molar-refractivity contribution is -0.110. The van der Waals surface area contributed by atoms with Crippen LogP contribution in [-0.4, -0.2) is 17.7 Å². The first-order chi connectivity index (χ1) is 11.5. The zero-order chi connectivity index (χ0) is 17.3. The Balaban J connectivity index is 2.24. The molecule has 1 aliphatic rings. The summed E-state index contributed by atoms with van der Waals surface area (Å²) in [6, 6.07) is 15.2. The number of carbonyl (C=O) groups excluding carboxylic acids is 2. The van der Waals surface area contributed by atoms with E-state index in [1.165, 1.54) is 6.92 Å². The minimum Gasteiger partial charge on any atom is -0.382 e. The normalized spacial score (nSPS) is 15.1. The Morgan fingerprint density at radius 3 is 2.38 bits per heavy atom. The molecule has 24 heavy (non-hydrogen) atoms. The third kappa shape index (κ3) is 2.95. The number of hydrogen-bond donors (Lipinski definition) is 2. The van der Waals surface area contributed by atoms with E-state index in [4.69, 9.17) is 0 Å². The van der Waals surface area contributed by atoms with E-state index in [2.05, 4.69) is 10.6 Å². The van der Waals surface area contributed by atoms with Crippen LogP contribution in [0.3, 0.4) is 0 Å². The number of nitrogens with one attached hydrogen (secondary N) is 2.